The zero-order chi connectivity index (χ0) is 14.3. The van der Waals surface area contributed by atoms with E-state index in [1.165, 1.54) is 10.4 Å². The standard InChI is InChI=1S/C15H17N3S2/c1-9(2)13(11-5-4-8-20-11)18-14-12(17-15(18)19)10(3)6-7-16-14/h4-9,13H,1-3H3,(H,17,19). The van der Waals surface area contributed by atoms with Crippen LogP contribution in [0.25, 0.3) is 11.2 Å². The lowest BCUT2D eigenvalue weighted by Crippen LogP contribution is -2.16. The second kappa shape index (κ2) is 5.14. The Morgan fingerprint density at radius 3 is 2.80 bits per heavy atom. The van der Waals surface area contributed by atoms with Crippen molar-refractivity contribution in [2.24, 2.45) is 5.92 Å². The number of aryl methyl sites for hydroxylation is 1. The molecule has 0 aromatic carbocycles. The Labute approximate surface area is 127 Å². The molecule has 20 heavy (non-hydrogen) atoms. The summed E-state index contributed by atoms with van der Waals surface area (Å²) in [6.07, 6.45) is 1.85. The molecule has 0 spiro atoms. The number of thiophene rings is 1. The lowest BCUT2D eigenvalue weighted by Gasteiger charge is -2.21. The number of H-pyrrole nitrogens is 1. The van der Waals surface area contributed by atoms with Gasteiger partial charge in [-0.15, -0.1) is 11.3 Å². The number of hydrogen-bond acceptors (Lipinski definition) is 3. The summed E-state index contributed by atoms with van der Waals surface area (Å²) in [7, 11) is 0. The highest BCUT2D eigenvalue weighted by Crippen LogP contribution is 2.33. The van der Waals surface area contributed by atoms with E-state index in [1.54, 1.807) is 11.3 Å². The van der Waals surface area contributed by atoms with Gasteiger partial charge >= 0.3 is 0 Å². The fourth-order valence-electron chi connectivity index (χ4n) is 2.62. The largest absolute Gasteiger partial charge is 0.329 e. The molecule has 3 heterocycles. The number of aromatic nitrogens is 3. The highest BCUT2D eigenvalue weighted by Gasteiger charge is 2.23. The van der Waals surface area contributed by atoms with Gasteiger partial charge in [-0.1, -0.05) is 19.9 Å². The first-order valence-electron chi connectivity index (χ1n) is 6.69. The van der Waals surface area contributed by atoms with Gasteiger partial charge < -0.3 is 4.98 Å². The maximum Gasteiger partial charge on any atom is 0.179 e. The van der Waals surface area contributed by atoms with Gasteiger partial charge in [0.25, 0.3) is 0 Å². The van der Waals surface area contributed by atoms with Crippen molar-refractivity contribution in [1.29, 1.82) is 0 Å². The molecule has 3 rings (SSSR count). The number of pyridine rings is 1. The average Bonchev–Trinajstić information content (AvgIpc) is 3.01. The summed E-state index contributed by atoms with van der Waals surface area (Å²) in [6, 6.07) is 6.50. The molecule has 1 N–H and O–H groups in total. The number of nitrogens with one attached hydrogen (secondary N) is 1. The van der Waals surface area contributed by atoms with Crippen LogP contribution >= 0.6 is 23.6 Å². The van der Waals surface area contributed by atoms with Crippen LogP contribution in [-0.4, -0.2) is 14.5 Å². The third-order valence-corrected chi connectivity index (χ3v) is 4.80. The molecule has 0 amide bonds. The van der Waals surface area contributed by atoms with Gasteiger partial charge in [-0.2, -0.15) is 0 Å². The monoisotopic (exact) mass is 303 g/mol. The van der Waals surface area contributed by atoms with E-state index in [0.717, 1.165) is 15.9 Å². The molecular weight excluding hydrogens is 286 g/mol. The lowest BCUT2D eigenvalue weighted by molar-refractivity contribution is 0.447. The predicted octanol–water partition coefficient (Wildman–Crippen LogP) is 4.71. The summed E-state index contributed by atoms with van der Waals surface area (Å²) in [5, 5.41) is 2.11. The Kier molecular flexibility index (Phi) is 3.48. The van der Waals surface area contributed by atoms with Crippen molar-refractivity contribution in [3.63, 3.8) is 0 Å². The van der Waals surface area contributed by atoms with E-state index in [0.29, 0.717) is 5.92 Å². The Hall–Kier alpha value is -1.46. The minimum absolute atomic E-state index is 0.227. The third-order valence-electron chi connectivity index (χ3n) is 3.56. The van der Waals surface area contributed by atoms with E-state index >= 15 is 0 Å². The van der Waals surface area contributed by atoms with Gasteiger partial charge in [-0.25, -0.2) is 4.98 Å². The SMILES string of the molecule is Cc1ccnc2c1[nH]c(=S)n2C(c1cccs1)C(C)C. The zero-order valence-electron chi connectivity index (χ0n) is 11.8. The molecule has 1 atom stereocenters. The van der Waals surface area contributed by atoms with E-state index in [1.807, 2.05) is 12.3 Å². The quantitative estimate of drug-likeness (QED) is 0.711. The third kappa shape index (κ3) is 2.11. The molecule has 0 radical (unpaired) electrons. The molecule has 104 valence electrons. The maximum atomic E-state index is 5.55. The molecule has 1 unspecified atom stereocenters. The van der Waals surface area contributed by atoms with Crippen molar-refractivity contribution in [2.75, 3.05) is 0 Å². The van der Waals surface area contributed by atoms with Gasteiger partial charge in [-0.05, 0) is 48.1 Å². The van der Waals surface area contributed by atoms with E-state index in [9.17, 15) is 0 Å². The molecule has 0 aliphatic rings. The van der Waals surface area contributed by atoms with Gasteiger partial charge in [0.2, 0.25) is 0 Å². The fourth-order valence-corrected chi connectivity index (χ4v) is 3.91. The normalized spacial score (nSPS) is 13.2. The van der Waals surface area contributed by atoms with Crippen LogP contribution in [0.15, 0.2) is 29.8 Å². The molecule has 0 aliphatic heterocycles. The fraction of sp³-hybridized carbons (Fsp3) is 0.333. The average molecular weight is 303 g/mol. The lowest BCUT2D eigenvalue weighted by atomic mass is 10.0. The van der Waals surface area contributed by atoms with E-state index < -0.39 is 0 Å². The molecule has 3 aromatic rings. The smallest absolute Gasteiger partial charge is 0.179 e. The minimum atomic E-state index is 0.227. The second-order valence-corrected chi connectivity index (χ2v) is 6.70. The Morgan fingerprint density at radius 1 is 1.35 bits per heavy atom. The minimum Gasteiger partial charge on any atom is -0.329 e. The first-order valence-corrected chi connectivity index (χ1v) is 7.97. The van der Waals surface area contributed by atoms with Crippen LogP contribution in [0, 0.1) is 17.6 Å². The van der Waals surface area contributed by atoms with Crippen LogP contribution in [-0.2, 0) is 0 Å². The summed E-state index contributed by atoms with van der Waals surface area (Å²) >= 11 is 7.32. The van der Waals surface area contributed by atoms with E-state index in [2.05, 4.69) is 52.8 Å². The number of hydrogen-bond donors (Lipinski definition) is 1. The number of nitrogens with zero attached hydrogens (tertiary/aromatic N) is 2. The van der Waals surface area contributed by atoms with E-state index in [4.69, 9.17) is 12.2 Å². The number of imidazole rings is 1. The maximum absolute atomic E-state index is 5.55. The summed E-state index contributed by atoms with van der Waals surface area (Å²) in [6.45, 7) is 6.52. The van der Waals surface area contributed by atoms with Crippen molar-refractivity contribution in [3.05, 3.63) is 45.0 Å². The summed E-state index contributed by atoms with van der Waals surface area (Å²) in [5.41, 5.74) is 3.16. The van der Waals surface area contributed by atoms with Crippen LogP contribution in [0.2, 0.25) is 0 Å². The molecule has 0 fully saturated rings. The summed E-state index contributed by atoms with van der Waals surface area (Å²) in [4.78, 5) is 9.18. The molecule has 0 bridgehead atoms. The molecule has 0 saturated heterocycles. The van der Waals surface area contributed by atoms with Crippen molar-refractivity contribution >= 4 is 34.7 Å². The van der Waals surface area contributed by atoms with Crippen LogP contribution < -0.4 is 0 Å². The predicted molar refractivity (Wildman–Crippen MR) is 87.0 cm³/mol. The van der Waals surface area contributed by atoms with Gasteiger partial charge in [0.05, 0.1) is 11.6 Å². The van der Waals surface area contributed by atoms with Crippen LogP contribution in [0.5, 0.6) is 0 Å². The van der Waals surface area contributed by atoms with Gasteiger partial charge in [0.15, 0.2) is 10.4 Å². The molecule has 3 nitrogen and oxygen atoms in total. The van der Waals surface area contributed by atoms with Gasteiger partial charge in [0, 0.05) is 11.1 Å². The topological polar surface area (TPSA) is 33.6 Å². The Bertz CT molecular complexity index is 781. The van der Waals surface area contributed by atoms with Gasteiger partial charge in [0.1, 0.15) is 0 Å². The Balaban J connectivity index is 2.30. The van der Waals surface area contributed by atoms with E-state index in [-0.39, 0.29) is 6.04 Å². The van der Waals surface area contributed by atoms with Crippen molar-refractivity contribution in [1.82, 2.24) is 14.5 Å². The van der Waals surface area contributed by atoms with Crippen LogP contribution in [0.3, 0.4) is 0 Å². The number of aromatic amines is 1. The first kappa shape index (κ1) is 13.5. The summed E-state index contributed by atoms with van der Waals surface area (Å²) in [5.74, 6) is 0.446. The van der Waals surface area contributed by atoms with Crippen molar-refractivity contribution in [2.45, 2.75) is 26.8 Å². The highest BCUT2D eigenvalue weighted by atomic mass is 32.1. The first-order chi connectivity index (χ1) is 9.59. The number of fused-ring (bicyclic) bond motifs is 1. The van der Waals surface area contributed by atoms with Gasteiger partial charge in [-0.3, -0.25) is 4.57 Å². The van der Waals surface area contributed by atoms with Crippen LogP contribution in [0.1, 0.15) is 30.3 Å². The molecule has 0 aliphatic carbocycles. The zero-order valence-corrected chi connectivity index (χ0v) is 13.4. The highest BCUT2D eigenvalue weighted by molar-refractivity contribution is 7.71. The van der Waals surface area contributed by atoms with Crippen molar-refractivity contribution < 1.29 is 0 Å². The number of rotatable bonds is 3. The van der Waals surface area contributed by atoms with Crippen molar-refractivity contribution in [3.8, 4) is 0 Å². The molecule has 3 aromatic heterocycles. The molecule has 5 heteroatoms. The Morgan fingerprint density at radius 2 is 2.15 bits per heavy atom. The molecule has 0 saturated carbocycles. The summed E-state index contributed by atoms with van der Waals surface area (Å²) < 4.78 is 2.91. The van der Waals surface area contributed by atoms with Crippen LogP contribution in [0.4, 0.5) is 0 Å². The molecular formula is C15H17N3S2. The second-order valence-electron chi connectivity index (χ2n) is 5.33.